The van der Waals surface area contributed by atoms with Crippen LogP contribution in [0.1, 0.15) is 5.56 Å². The molecule has 2 heterocycles. The van der Waals surface area contributed by atoms with E-state index in [0.29, 0.717) is 5.69 Å². The molecule has 0 aliphatic rings. The van der Waals surface area contributed by atoms with Gasteiger partial charge in [0.2, 0.25) is 0 Å². The van der Waals surface area contributed by atoms with Crippen molar-refractivity contribution in [2.75, 3.05) is 4.72 Å². The second-order valence-electron chi connectivity index (χ2n) is 6.80. The highest BCUT2D eigenvalue weighted by Gasteiger charge is 2.16. The fourth-order valence-corrected chi connectivity index (χ4v) is 4.63. The number of rotatable bonds is 3. The molecular weight excluding hydrogens is 370 g/mol. The molecule has 0 radical (unpaired) electrons. The van der Waals surface area contributed by atoms with Gasteiger partial charge in [-0.05, 0) is 48.9 Å². The van der Waals surface area contributed by atoms with Crippen LogP contribution in [-0.4, -0.2) is 17.8 Å². The lowest BCUT2D eigenvalue weighted by molar-refractivity contribution is 0.601. The number of fused-ring (bicyclic) bond motifs is 5. The van der Waals surface area contributed by atoms with Crippen LogP contribution in [0.5, 0.6) is 0 Å². The molecule has 5 nitrogen and oxygen atoms in total. The highest BCUT2D eigenvalue weighted by molar-refractivity contribution is 7.92. The Kier molecular flexibility index (Phi) is 3.64. The Morgan fingerprint density at radius 1 is 0.893 bits per heavy atom. The van der Waals surface area contributed by atoms with Gasteiger partial charge in [0.15, 0.2) is 0 Å². The average molecular weight is 387 g/mol. The van der Waals surface area contributed by atoms with E-state index >= 15 is 0 Å². The van der Waals surface area contributed by atoms with E-state index in [1.54, 1.807) is 36.4 Å². The first-order valence-corrected chi connectivity index (χ1v) is 10.4. The molecular formula is C22H17N3O2S. The molecule has 1 N–H and O–H groups in total. The zero-order chi connectivity index (χ0) is 19.3. The molecule has 0 atom stereocenters. The highest BCUT2D eigenvalue weighted by Crippen LogP contribution is 2.31. The molecule has 0 bridgehead atoms. The number of pyridine rings is 1. The predicted molar refractivity (Wildman–Crippen MR) is 112 cm³/mol. The molecule has 0 fully saturated rings. The van der Waals surface area contributed by atoms with Gasteiger partial charge in [-0.15, -0.1) is 0 Å². The van der Waals surface area contributed by atoms with Crippen molar-refractivity contribution in [1.82, 2.24) is 9.38 Å². The number of imidazole rings is 1. The Balaban J connectivity index is 1.71. The molecule has 0 saturated carbocycles. The SMILES string of the molecule is Cc1ccn2c(c1)nc1c3cccc(NS(=O)(=O)c4ccccc4)c3ccc12. The van der Waals surface area contributed by atoms with Gasteiger partial charge >= 0.3 is 0 Å². The number of aromatic nitrogens is 2. The van der Waals surface area contributed by atoms with Gasteiger partial charge in [0, 0.05) is 17.0 Å². The van der Waals surface area contributed by atoms with Crippen molar-refractivity contribution >= 4 is 43.2 Å². The maximum absolute atomic E-state index is 12.8. The minimum Gasteiger partial charge on any atom is -0.300 e. The van der Waals surface area contributed by atoms with Gasteiger partial charge < -0.3 is 0 Å². The standard InChI is InChI=1S/C22H17N3O2S/c1-15-12-13-25-20-11-10-17-18(22(20)23-21(25)14-15)8-5-9-19(17)24-28(26,27)16-6-3-2-4-7-16/h2-14,24H,1H3. The molecule has 3 aromatic carbocycles. The van der Waals surface area contributed by atoms with Gasteiger partial charge in [-0.2, -0.15) is 0 Å². The second kappa shape index (κ2) is 6.07. The summed E-state index contributed by atoms with van der Waals surface area (Å²) in [6, 6.07) is 22.0. The number of nitrogens with one attached hydrogen (secondary N) is 1. The second-order valence-corrected chi connectivity index (χ2v) is 8.48. The van der Waals surface area contributed by atoms with Gasteiger partial charge in [-0.1, -0.05) is 36.4 Å². The summed E-state index contributed by atoms with van der Waals surface area (Å²) in [7, 11) is -3.66. The van der Waals surface area contributed by atoms with Crippen LogP contribution in [0.2, 0.25) is 0 Å². The number of anilines is 1. The van der Waals surface area contributed by atoms with Crippen molar-refractivity contribution in [2.45, 2.75) is 11.8 Å². The summed E-state index contributed by atoms with van der Waals surface area (Å²) >= 11 is 0. The van der Waals surface area contributed by atoms with Crippen molar-refractivity contribution < 1.29 is 8.42 Å². The Labute approximate surface area is 162 Å². The normalized spacial score (nSPS) is 12.0. The summed E-state index contributed by atoms with van der Waals surface area (Å²) in [4.78, 5) is 5.02. The van der Waals surface area contributed by atoms with Crippen LogP contribution >= 0.6 is 0 Å². The quantitative estimate of drug-likeness (QED) is 0.486. The zero-order valence-electron chi connectivity index (χ0n) is 15.1. The van der Waals surface area contributed by atoms with Gasteiger partial charge in [0.1, 0.15) is 5.65 Å². The minimum absolute atomic E-state index is 0.233. The Morgan fingerprint density at radius 3 is 2.54 bits per heavy atom. The lowest BCUT2D eigenvalue weighted by Gasteiger charge is -2.11. The van der Waals surface area contributed by atoms with Crippen LogP contribution in [0.3, 0.4) is 0 Å². The van der Waals surface area contributed by atoms with Crippen LogP contribution in [0.25, 0.3) is 27.5 Å². The first kappa shape index (κ1) is 16.8. The molecule has 5 rings (SSSR count). The summed E-state index contributed by atoms with van der Waals surface area (Å²) < 4.78 is 30.3. The summed E-state index contributed by atoms with van der Waals surface area (Å²) in [5, 5.41) is 1.72. The lowest BCUT2D eigenvalue weighted by atomic mass is 10.1. The van der Waals surface area contributed by atoms with E-state index in [1.165, 1.54) is 0 Å². The third-order valence-electron chi connectivity index (χ3n) is 4.89. The van der Waals surface area contributed by atoms with Crippen LogP contribution in [0.4, 0.5) is 5.69 Å². The largest absolute Gasteiger partial charge is 0.300 e. The lowest BCUT2D eigenvalue weighted by Crippen LogP contribution is -2.13. The summed E-state index contributed by atoms with van der Waals surface area (Å²) in [6.45, 7) is 2.04. The maximum atomic E-state index is 12.8. The third-order valence-corrected chi connectivity index (χ3v) is 6.27. The molecule has 0 aliphatic carbocycles. The monoisotopic (exact) mass is 387 g/mol. The zero-order valence-corrected chi connectivity index (χ0v) is 15.9. The predicted octanol–water partition coefficient (Wildman–Crippen LogP) is 4.75. The van der Waals surface area contributed by atoms with Crippen LogP contribution in [0, 0.1) is 6.92 Å². The number of nitrogens with zero attached hydrogens (tertiary/aromatic N) is 2. The van der Waals surface area contributed by atoms with E-state index in [1.807, 2.05) is 53.9 Å². The van der Waals surface area contributed by atoms with Crippen molar-refractivity contribution in [3.8, 4) is 0 Å². The molecule has 0 unspecified atom stereocenters. The van der Waals surface area contributed by atoms with E-state index in [9.17, 15) is 8.42 Å². The molecule has 28 heavy (non-hydrogen) atoms. The van der Waals surface area contributed by atoms with Gasteiger partial charge in [0.25, 0.3) is 10.0 Å². The van der Waals surface area contributed by atoms with E-state index in [0.717, 1.165) is 33.0 Å². The van der Waals surface area contributed by atoms with Gasteiger partial charge in [0.05, 0.1) is 21.6 Å². The third kappa shape index (κ3) is 2.61. The van der Waals surface area contributed by atoms with Crippen LogP contribution < -0.4 is 4.72 Å². The van der Waals surface area contributed by atoms with E-state index in [-0.39, 0.29) is 4.90 Å². The average Bonchev–Trinajstić information content (AvgIpc) is 3.06. The Bertz CT molecular complexity index is 1460. The number of benzene rings is 3. The van der Waals surface area contributed by atoms with Crippen molar-refractivity contribution in [1.29, 1.82) is 0 Å². The minimum atomic E-state index is -3.66. The molecule has 0 aliphatic heterocycles. The fraction of sp³-hybridized carbons (Fsp3) is 0.0455. The maximum Gasteiger partial charge on any atom is 0.261 e. The molecule has 0 spiro atoms. The van der Waals surface area contributed by atoms with Crippen molar-refractivity contribution in [3.63, 3.8) is 0 Å². The molecule has 0 saturated heterocycles. The topological polar surface area (TPSA) is 63.5 Å². The molecule has 2 aromatic heterocycles. The van der Waals surface area contributed by atoms with Crippen molar-refractivity contribution in [3.05, 3.63) is 84.6 Å². The Hall–Kier alpha value is -3.38. The highest BCUT2D eigenvalue weighted by atomic mass is 32.2. The number of aryl methyl sites for hydroxylation is 1. The van der Waals surface area contributed by atoms with E-state index < -0.39 is 10.0 Å². The smallest absolute Gasteiger partial charge is 0.261 e. The van der Waals surface area contributed by atoms with E-state index in [2.05, 4.69) is 4.72 Å². The van der Waals surface area contributed by atoms with Gasteiger partial charge in [-0.25, -0.2) is 13.4 Å². The summed E-state index contributed by atoms with van der Waals surface area (Å²) in [5.41, 5.74) is 4.40. The molecule has 0 amide bonds. The number of hydrogen-bond donors (Lipinski definition) is 1. The number of hydrogen-bond acceptors (Lipinski definition) is 3. The van der Waals surface area contributed by atoms with Crippen molar-refractivity contribution in [2.24, 2.45) is 0 Å². The summed E-state index contributed by atoms with van der Waals surface area (Å²) in [6.07, 6.45) is 2.01. The first-order valence-electron chi connectivity index (χ1n) is 8.91. The first-order chi connectivity index (χ1) is 13.5. The molecule has 5 aromatic rings. The molecule has 138 valence electrons. The molecule has 6 heteroatoms. The van der Waals surface area contributed by atoms with Crippen LogP contribution in [0.15, 0.2) is 83.9 Å². The van der Waals surface area contributed by atoms with Crippen LogP contribution in [-0.2, 0) is 10.0 Å². The fourth-order valence-electron chi connectivity index (χ4n) is 3.53. The Morgan fingerprint density at radius 2 is 1.71 bits per heavy atom. The van der Waals surface area contributed by atoms with E-state index in [4.69, 9.17) is 4.98 Å². The van der Waals surface area contributed by atoms with Gasteiger partial charge in [-0.3, -0.25) is 9.12 Å². The number of sulfonamides is 1. The summed E-state index contributed by atoms with van der Waals surface area (Å²) in [5.74, 6) is 0.